The third-order valence-corrected chi connectivity index (χ3v) is 5.36. The summed E-state index contributed by atoms with van der Waals surface area (Å²) in [6, 6.07) is 14.3. The van der Waals surface area contributed by atoms with E-state index >= 15 is 0 Å². The van der Waals surface area contributed by atoms with Gasteiger partial charge in [-0.25, -0.2) is 4.98 Å². The van der Waals surface area contributed by atoms with Crippen LogP contribution in [-0.2, 0) is 0 Å². The van der Waals surface area contributed by atoms with Gasteiger partial charge in [-0.05, 0) is 50.1 Å². The van der Waals surface area contributed by atoms with E-state index in [4.69, 9.17) is 4.98 Å². The zero-order valence-electron chi connectivity index (χ0n) is 14.6. The normalized spacial score (nSPS) is 17.4. The molecule has 0 radical (unpaired) electrons. The molecule has 2 aromatic carbocycles. The van der Waals surface area contributed by atoms with Crippen LogP contribution in [0.2, 0.25) is 0 Å². The maximum atomic E-state index is 9.87. The molecule has 130 valence electrons. The van der Waals surface area contributed by atoms with E-state index in [1.54, 1.807) is 12.1 Å². The van der Waals surface area contributed by atoms with Crippen molar-refractivity contribution in [1.29, 1.82) is 0 Å². The van der Waals surface area contributed by atoms with Crippen molar-refractivity contribution in [2.45, 2.75) is 25.8 Å². The largest absolute Gasteiger partial charge is 0.508 e. The Bertz CT molecular complexity index is 1120. The van der Waals surface area contributed by atoms with Crippen LogP contribution in [0.4, 0.5) is 5.69 Å². The second-order valence-electron chi connectivity index (χ2n) is 7.09. The smallest absolute Gasteiger partial charge is 0.117 e. The van der Waals surface area contributed by atoms with Crippen molar-refractivity contribution in [3.05, 3.63) is 48.7 Å². The van der Waals surface area contributed by atoms with Crippen LogP contribution in [0.15, 0.2) is 48.7 Å². The number of aromatic hydroxyl groups is 1. The average Bonchev–Trinajstić information content (AvgIpc) is 3.28. The number of hydrogen-bond acceptors (Lipinski definition) is 4. The number of hydrogen-bond donors (Lipinski definition) is 2. The Kier molecular flexibility index (Phi) is 3.35. The van der Waals surface area contributed by atoms with Crippen LogP contribution in [0.5, 0.6) is 5.75 Å². The van der Waals surface area contributed by atoms with Crippen LogP contribution < -0.4 is 4.90 Å². The van der Waals surface area contributed by atoms with Gasteiger partial charge in [-0.2, -0.15) is 5.10 Å². The van der Waals surface area contributed by atoms with Crippen molar-refractivity contribution in [2.75, 3.05) is 11.4 Å². The number of anilines is 1. The highest BCUT2D eigenvalue weighted by molar-refractivity contribution is 5.92. The van der Waals surface area contributed by atoms with Gasteiger partial charge >= 0.3 is 0 Å². The van der Waals surface area contributed by atoms with Crippen molar-refractivity contribution in [2.24, 2.45) is 0 Å². The minimum atomic E-state index is 0.239. The van der Waals surface area contributed by atoms with Crippen molar-refractivity contribution in [3.63, 3.8) is 0 Å². The van der Waals surface area contributed by atoms with Crippen molar-refractivity contribution < 1.29 is 5.11 Å². The topological polar surface area (TPSA) is 65.0 Å². The lowest BCUT2D eigenvalue weighted by Gasteiger charge is -2.26. The Morgan fingerprint density at radius 1 is 1.12 bits per heavy atom. The summed E-state index contributed by atoms with van der Waals surface area (Å²) in [6.45, 7) is 3.32. The molecule has 1 saturated heterocycles. The molecule has 0 spiro atoms. The number of nitrogens with zero attached hydrogens (tertiary/aromatic N) is 3. The third kappa shape index (κ3) is 2.39. The molecule has 5 rings (SSSR count). The molecule has 26 heavy (non-hydrogen) atoms. The van der Waals surface area contributed by atoms with E-state index in [1.165, 1.54) is 12.8 Å². The second kappa shape index (κ2) is 5.73. The standard InChI is InChI=1S/C21H20N4O/c1-13-3-2-8-25(13)20-10-14-4-6-17(26)11-19(14)23-21(20)15-5-7-18-16(9-15)12-22-24-18/h4-7,9-13,26H,2-3,8H2,1H3,(H,22,24). The molecule has 1 atom stereocenters. The van der Waals surface area contributed by atoms with E-state index in [2.05, 4.69) is 40.2 Å². The molecule has 2 aromatic heterocycles. The fourth-order valence-electron chi connectivity index (χ4n) is 3.96. The number of phenols is 1. The van der Waals surface area contributed by atoms with E-state index in [9.17, 15) is 5.11 Å². The molecule has 0 bridgehead atoms. The summed E-state index contributed by atoms with van der Waals surface area (Å²) in [5, 5.41) is 19.1. The van der Waals surface area contributed by atoms with Gasteiger partial charge in [-0.15, -0.1) is 0 Å². The molecule has 5 nitrogen and oxygen atoms in total. The summed E-state index contributed by atoms with van der Waals surface area (Å²) in [6.07, 6.45) is 4.24. The van der Waals surface area contributed by atoms with Crippen LogP contribution >= 0.6 is 0 Å². The lowest BCUT2D eigenvalue weighted by atomic mass is 10.0. The lowest BCUT2D eigenvalue weighted by Crippen LogP contribution is -2.27. The Labute approximate surface area is 151 Å². The number of aromatic nitrogens is 3. The number of benzene rings is 2. The van der Waals surface area contributed by atoms with E-state index in [1.807, 2.05) is 18.3 Å². The fourth-order valence-corrected chi connectivity index (χ4v) is 3.96. The Morgan fingerprint density at radius 3 is 2.88 bits per heavy atom. The van der Waals surface area contributed by atoms with Gasteiger partial charge in [0.1, 0.15) is 5.75 Å². The Morgan fingerprint density at radius 2 is 2.04 bits per heavy atom. The molecule has 1 fully saturated rings. The van der Waals surface area contributed by atoms with E-state index in [0.717, 1.165) is 45.3 Å². The molecule has 0 amide bonds. The van der Waals surface area contributed by atoms with Gasteiger partial charge in [0, 0.05) is 35.0 Å². The van der Waals surface area contributed by atoms with Gasteiger partial charge < -0.3 is 10.0 Å². The van der Waals surface area contributed by atoms with Gasteiger partial charge in [0.05, 0.1) is 28.6 Å². The quantitative estimate of drug-likeness (QED) is 0.563. The molecule has 1 unspecified atom stereocenters. The molecule has 5 heteroatoms. The van der Waals surface area contributed by atoms with E-state index < -0.39 is 0 Å². The van der Waals surface area contributed by atoms with Crippen LogP contribution in [0.1, 0.15) is 19.8 Å². The predicted molar refractivity (Wildman–Crippen MR) is 105 cm³/mol. The predicted octanol–water partition coefficient (Wildman–Crippen LogP) is 4.47. The summed E-state index contributed by atoms with van der Waals surface area (Å²) in [5.74, 6) is 0.239. The minimum Gasteiger partial charge on any atom is -0.508 e. The van der Waals surface area contributed by atoms with Gasteiger partial charge in [0.2, 0.25) is 0 Å². The molecular formula is C21H20N4O. The molecule has 2 N–H and O–H groups in total. The van der Waals surface area contributed by atoms with Crippen LogP contribution in [0, 0.1) is 0 Å². The third-order valence-electron chi connectivity index (χ3n) is 5.36. The van der Waals surface area contributed by atoms with Crippen LogP contribution in [-0.4, -0.2) is 32.9 Å². The van der Waals surface area contributed by atoms with Gasteiger partial charge in [0.15, 0.2) is 0 Å². The number of fused-ring (bicyclic) bond motifs is 2. The number of nitrogens with one attached hydrogen (secondary N) is 1. The Balaban J connectivity index is 1.77. The lowest BCUT2D eigenvalue weighted by molar-refractivity contribution is 0.476. The summed E-state index contributed by atoms with van der Waals surface area (Å²) in [5.41, 5.74) is 5.01. The number of aromatic amines is 1. The molecule has 1 aliphatic heterocycles. The zero-order valence-corrected chi connectivity index (χ0v) is 14.6. The first-order valence-electron chi connectivity index (χ1n) is 9.03. The minimum absolute atomic E-state index is 0.239. The number of H-pyrrole nitrogens is 1. The van der Waals surface area contributed by atoms with Gasteiger partial charge in [0.25, 0.3) is 0 Å². The molecular weight excluding hydrogens is 324 g/mol. The Hall–Kier alpha value is -3.08. The first-order valence-corrected chi connectivity index (χ1v) is 9.03. The summed E-state index contributed by atoms with van der Waals surface area (Å²) in [7, 11) is 0. The summed E-state index contributed by atoms with van der Waals surface area (Å²) < 4.78 is 0. The van der Waals surface area contributed by atoms with Gasteiger partial charge in [-0.1, -0.05) is 6.07 Å². The molecule has 1 aliphatic rings. The summed E-state index contributed by atoms with van der Waals surface area (Å²) in [4.78, 5) is 7.40. The first-order chi connectivity index (χ1) is 12.7. The molecule has 3 heterocycles. The maximum absolute atomic E-state index is 9.87. The number of phenolic OH excluding ortho intramolecular Hbond substituents is 1. The zero-order chi connectivity index (χ0) is 17.7. The molecule has 0 aliphatic carbocycles. The number of pyridine rings is 1. The van der Waals surface area contributed by atoms with Crippen LogP contribution in [0.25, 0.3) is 33.1 Å². The van der Waals surface area contributed by atoms with Crippen molar-refractivity contribution in [1.82, 2.24) is 15.2 Å². The van der Waals surface area contributed by atoms with E-state index in [-0.39, 0.29) is 5.75 Å². The highest BCUT2D eigenvalue weighted by Crippen LogP contribution is 2.37. The monoisotopic (exact) mass is 344 g/mol. The van der Waals surface area contributed by atoms with Crippen molar-refractivity contribution >= 4 is 27.5 Å². The highest BCUT2D eigenvalue weighted by atomic mass is 16.3. The first kappa shape index (κ1) is 15.2. The molecule has 0 saturated carbocycles. The highest BCUT2D eigenvalue weighted by Gasteiger charge is 2.24. The fraction of sp³-hybridized carbons (Fsp3) is 0.238. The van der Waals surface area contributed by atoms with Crippen molar-refractivity contribution in [3.8, 4) is 17.0 Å². The molecule has 4 aromatic rings. The average molecular weight is 344 g/mol. The summed E-state index contributed by atoms with van der Waals surface area (Å²) >= 11 is 0. The van der Waals surface area contributed by atoms with Crippen LogP contribution in [0.3, 0.4) is 0 Å². The van der Waals surface area contributed by atoms with Gasteiger partial charge in [-0.3, -0.25) is 5.10 Å². The second-order valence-corrected chi connectivity index (χ2v) is 7.09. The maximum Gasteiger partial charge on any atom is 0.117 e. The number of rotatable bonds is 2. The van der Waals surface area contributed by atoms with E-state index in [0.29, 0.717) is 6.04 Å². The SMILES string of the molecule is CC1CCCN1c1cc2ccc(O)cc2nc1-c1ccc2[nH]ncc2c1.